The lowest BCUT2D eigenvalue weighted by Gasteiger charge is -2.08. The third kappa shape index (κ3) is 3.04. The first-order valence-corrected chi connectivity index (χ1v) is 6.36. The zero-order valence-electron chi connectivity index (χ0n) is 8.77. The van der Waals surface area contributed by atoms with Gasteiger partial charge in [-0.1, -0.05) is 17.7 Å². The third-order valence-corrected chi connectivity index (χ3v) is 3.76. The fraction of sp³-hybridized carbons (Fsp3) is 0.250. The van der Waals surface area contributed by atoms with Crippen molar-refractivity contribution in [1.82, 2.24) is 4.98 Å². The van der Waals surface area contributed by atoms with Gasteiger partial charge in [-0.25, -0.2) is 0 Å². The van der Waals surface area contributed by atoms with E-state index < -0.39 is 0 Å². The summed E-state index contributed by atoms with van der Waals surface area (Å²) in [5.74, 6) is 0. The first kappa shape index (κ1) is 11.6. The maximum absolute atomic E-state index is 6.08. The lowest BCUT2D eigenvalue weighted by molar-refractivity contribution is 0.654. The van der Waals surface area contributed by atoms with Gasteiger partial charge in [0.15, 0.2) is 0 Å². The Morgan fingerprint density at radius 3 is 2.81 bits per heavy atom. The van der Waals surface area contributed by atoms with E-state index in [1.54, 1.807) is 11.3 Å². The molecular formula is C12H13ClN2S. The van der Waals surface area contributed by atoms with Crippen LogP contribution in [0.25, 0.3) is 0 Å². The van der Waals surface area contributed by atoms with Gasteiger partial charge in [0.1, 0.15) is 0 Å². The molecule has 0 saturated heterocycles. The van der Waals surface area contributed by atoms with Crippen LogP contribution in [0.2, 0.25) is 4.34 Å². The molecule has 0 spiro atoms. The fourth-order valence-electron chi connectivity index (χ4n) is 1.52. The number of aryl methyl sites for hydroxylation is 1. The summed E-state index contributed by atoms with van der Waals surface area (Å²) in [5, 5.41) is 0. The van der Waals surface area contributed by atoms with Crippen molar-refractivity contribution in [1.29, 1.82) is 0 Å². The van der Waals surface area contributed by atoms with Gasteiger partial charge in [-0.15, -0.1) is 11.3 Å². The number of pyridine rings is 1. The third-order valence-electron chi connectivity index (χ3n) is 2.40. The lowest BCUT2D eigenvalue weighted by atomic mass is 10.1. The van der Waals surface area contributed by atoms with Gasteiger partial charge in [0.2, 0.25) is 0 Å². The molecule has 4 heteroatoms. The number of hydrogen-bond donors (Lipinski definition) is 1. The highest BCUT2D eigenvalue weighted by Gasteiger charge is 2.08. The number of nitrogens with two attached hydrogens (primary N) is 1. The van der Waals surface area contributed by atoms with E-state index in [2.05, 4.69) is 4.98 Å². The predicted molar refractivity (Wildman–Crippen MR) is 68.8 cm³/mol. The summed E-state index contributed by atoms with van der Waals surface area (Å²) in [6.45, 7) is 0. The first-order valence-electron chi connectivity index (χ1n) is 5.16. The van der Waals surface area contributed by atoms with Gasteiger partial charge >= 0.3 is 0 Å². The summed E-state index contributed by atoms with van der Waals surface area (Å²) in [7, 11) is 0. The van der Waals surface area contributed by atoms with Gasteiger partial charge in [0, 0.05) is 22.8 Å². The summed E-state index contributed by atoms with van der Waals surface area (Å²) in [6, 6.07) is 9.88. The Hall–Kier alpha value is -0.900. The van der Waals surface area contributed by atoms with Crippen LogP contribution in [0.1, 0.15) is 23.0 Å². The molecule has 84 valence electrons. The number of aromatic nitrogens is 1. The summed E-state index contributed by atoms with van der Waals surface area (Å²) in [6.07, 6.45) is 3.61. The average Bonchev–Trinajstić information content (AvgIpc) is 2.74. The maximum Gasteiger partial charge on any atom is 0.0931 e. The van der Waals surface area contributed by atoms with Gasteiger partial charge in [-0.2, -0.15) is 0 Å². The largest absolute Gasteiger partial charge is 0.323 e. The van der Waals surface area contributed by atoms with E-state index >= 15 is 0 Å². The molecule has 0 aliphatic carbocycles. The Morgan fingerprint density at radius 1 is 1.31 bits per heavy atom. The Morgan fingerprint density at radius 2 is 2.19 bits per heavy atom. The number of halogens is 1. The lowest BCUT2D eigenvalue weighted by Crippen LogP contribution is -2.09. The topological polar surface area (TPSA) is 38.9 Å². The number of thiophene rings is 1. The van der Waals surface area contributed by atoms with E-state index in [0.717, 1.165) is 27.7 Å². The normalized spacial score (nSPS) is 12.6. The zero-order chi connectivity index (χ0) is 11.4. The number of nitrogens with zero attached hydrogens (tertiary/aromatic N) is 1. The molecule has 0 bridgehead atoms. The minimum atomic E-state index is 0.0551. The Balaban J connectivity index is 1.91. The molecule has 0 aromatic carbocycles. The van der Waals surface area contributed by atoms with Crippen molar-refractivity contribution in [3.05, 3.63) is 51.4 Å². The molecule has 1 unspecified atom stereocenters. The molecule has 0 radical (unpaired) electrons. The van der Waals surface area contributed by atoms with Crippen molar-refractivity contribution < 1.29 is 0 Å². The first-order chi connectivity index (χ1) is 7.75. The molecule has 2 N–H and O–H groups in total. The van der Waals surface area contributed by atoms with E-state index in [9.17, 15) is 0 Å². The van der Waals surface area contributed by atoms with Gasteiger partial charge in [-0.05, 0) is 37.1 Å². The minimum absolute atomic E-state index is 0.0551. The maximum atomic E-state index is 6.08. The van der Waals surface area contributed by atoms with E-state index in [1.807, 2.05) is 36.5 Å². The van der Waals surface area contributed by atoms with Gasteiger partial charge < -0.3 is 5.73 Å². The summed E-state index contributed by atoms with van der Waals surface area (Å²) < 4.78 is 0.795. The SMILES string of the molecule is NC(CCc1ccccn1)c1ccc(Cl)s1. The van der Waals surface area contributed by atoms with Crippen LogP contribution in [0.15, 0.2) is 36.5 Å². The number of rotatable bonds is 4. The van der Waals surface area contributed by atoms with E-state index in [4.69, 9.17) is 17.3 Å². The van der Waals surface area contributed by atoms with Crippen molar-refractivity contribution in [3.8, 4) is 0 Å². The summed E-state index contributed by atoms with van der Waals surface area (Å²) >= 11 is 7.42. The highest BCUT2D eigenvalue weighted by molar-refractivity contribution is 7.16. The molecule has 16 heavy (non-hydrogen) atoms. The molecule has 0 aliphatic rings. The van der Waals surface area contributed by atoms with Crippen molar-refractivity contribution in [3.63, 3.8) is 0 Å². The van der Waals surface area contributed by atoms with Crippen LogP contribution >= 0.6 is 22.9 Å². The fourth-order valence-corrected chi connectivity index (χ4v) is 2.62. The quantitative estimate of drug-likeness (QED) is 0.906. The molecule has 0 saturated carbocycles. The average molecular weight is 253 g/mol. The number of hydrogen-bond acceptors (Lipinski definition) is 3. The van der Waals surface area contributed by atoms with Gasteiger partial charge in [0.05, 0.1) is 4.34 Å². The van der Waals surface area contributed by atoms with E-state index in [-0.39, 0.29) is 6.04 Å². The van der Waals surface area contributed by atoms with Gasteiger partial charge in [0.25, 0.3) is 0 Å². The molecule has 0 aliphatic heterocycles. The van der Waals surface area contributed by atoms with Crippen LogP contribution < -0.4 is 5.73 Å². The molecule has 2 nitrogen and oxygen atoms in total. The monoisotopic (exact) mass is 252 g/mol. The molecule has 1 atom stereocenters. The van der Waals surface area contributed by atoms with Crippen LogP contribution in [0.3, 0.4) is 0 Å². The summed E-state index contributed by atoms with van der Waals surface area (Å²) in [5.41, 5.74) is 7.16. The second-order valence-corrected chi connectivity index (χ2v) is 5.35. The van der Waals surface area contributed by atoms with Crippen molar-refractivity contribution in [2.24, 2.45) is 5.73 Å². The van der Waals surface area contributed by atoms with Crippen LogP contribution in [-0.4, -0.2) is 4.98 Å². The molecule has 2 aromatic heterocycles. The molecule has 2 rings (SSSR count). The molecular weight excluding hydrogens is 240 g/mol. The minimum Gasteiger partial charge on any atom is -0.323 e. The van der Waals surface area contributed by atoms with Gasteiger partial charge in [-0.3, -0.25) is 4.98 Å². The Kier molecular flexibility index (Phi) is 3.93. The van der Waals surface area contributed by atoms with Crippen LogP contribution in [0.5, 0.6) is 0 Å². The van der Waals surface area contributed by atoms with Crippen LogP contribution in [-0.2, 0) is 6.42 Å². The Bertz CT molecular complexity index is 441. The second kappa shape index (κ2) is 5.43. The van der Waals surface area contributed by atoms with E-state index in [1.165, 1.54) is 0 Å². The highest BCUT2D eigenvalue weighted by atomic mass is 35.5. The summed E-state index contributed by atoms with van der Waals surface area (Å²) in [4.78, 5) is 5.41. The molecule has 0 fully saturated rings. The van der Waals surface area contributed by atoms with Crippen molar-refractivity contribution >= 4 is 22.9 Å². The van der Waals surface area contributed by atoms with Crippen molar-refractivity contribution in [2.75, 3.05) is 0 Å². The van der Waals surface area contributed by atoms with Crippen LogP contribution in [0.4, 0.5) is 0 Å². The predicted octanol–water partition coefficient (Wildman–Crippen LogP) is 3.43. The zero-order valence-corrected chi connectivity index (χ0v) is 10.3. The smallest absolute Gasteiger partial charge is 0.0931 e. The van der Waals surface area contributed by atoms with E-state index in [0.29, 0.717) is 0 Å². The highest BCUT2D eigenvalue weighted by Crippen LogP contribution is 2.27. The molecule has 2 heterocycles. The van der Waals surface area contributed by atoms with Crippen molar-refractivity contribution in [2.45, 2.75) is 18.9 Å². The standard InChI is InChI=1S/C12H13ClN2S/c13-12-7-6-11(16-12)10(14)5-4-9-3-1-2-8-15-9/h1-3,6-8,10H,4-5,14H2. The molecule has 0 amide bonds. The molecule has 2 aromatic rings. The second-order valence-electron chi connectivity index (χ2n) is 3.61. The Labute approximate surface area is 104 Å². The van der Waals surface area contributed by atoms with Crippen LogP contribution in [0, 0.1) is 0 Å².